The van der Waals surface area contributed by atoms with Crippen LogP contribution in [0.5, 0.6) is 5.75 Å². The number of ketones is 1. The van der Waals surface area contributed by atoms with Crippen LogP contribution in [0.4, 0.5) is 17.6 Å². The average Bonchev–Trinajstić information content (AvgIpc) is 3.15. The molecular weight excluding hydrogens is 655 g/mol. The second-order valence-corrected chi connectivity index (χ2v) is 13.9. The number of Topliss-reactive ketones (excluding diaryl/α,β-unsaturated/α-hetero) is 1. The predicted molar refractivity (Wildman–Crippen MR) is 154 cm³/mol. The smallest absolute Gasteiger partial charge is 0.323 e. The molecule has 2 N–H and O–H groups in total. The molecule has 17 heteroatoms. The Morgan fingerprint density at radius 3 is 2.52 bits per heavy atom. The molecule has 0 aromatic heterocycles. The van der Waals surface area contributed by atoms with Crippen LogP contribution in [0.1, 0.15) is 27.2 Å². The molecule has 0 bridgehead atoms. The SMILES string of the molecule is CC(C)OC(=O)[C@H](C)NP(=S)(OC[C@@]1(C(F)F)O[C@@H](N2C=C(Cl)C(=O)CC2=O)[C@H](O)C1(F)F)Oc1cccc2ccccc12. The van der Waals surface area contributed by atoms with Gasteiger partial charge in [0.1, 0.15) is 16.8 Å². The third-order valence-corrected chi connectivity index (χ3v) is 9.53. The second kappa shape index (κ2) is 13.0. The molecule has 0 spiro atoms. The maximum atomic E-state index is 15.6. The first-order chi connectivity index (χ1) is 20.5. The Balaban J connectivity index is 1.70. The van der Waals surface area contributed by atoms with Gasteiger partial charge in [-0.3, -0.25) is 19.3 Å². The molecular formula is C27H28ClF4N2O8PS. The Labute approximate surface area is 259 Å². The number of ether oxygens (including phenoxy) is 2. The molecule has 1 unspecified atom stereocenters. The Hall–Kier alpha value is -2.65. The van der Waals surface area contributed by atoms with E-state index >= 15 is 8.78 Å². The van der Waals surface area contributed by atoms with Crippen LogP contribution in [0.15, 0.2) is 53.7 Å². The molecule has 1 amide bonds. The predicted octanol–water partition coefficient (Wildman–Crippen LogP) is 4.63. The molecule has 44 heavy (non-hydrogen) atoms. The Morgan fingerprint density at radius 1 is 1.20 bits per heavy atom. The summed E-state index contributed by atoms with van der Waals surface area (Å²) in [7, 11) is 0. The molecule has 2 aromatic carbocycles. The van der Waals surface area contributed by atoms with Gasteiger partial charge in [0.05, 0.1) is 19.1 Å². The van der Waals surface area contributed by atoms with Gasteiger partial charge in [0.15, 0.2) is 18.1 Å². The number of halogens is 5. The van der Waals surface area contributed by atoms with E-state index < -0.39 is 84.8 Å². The van der Waals surface area contributed by atoms with Crippen LogP contribution in [-0.4, -0.2) is 76.7 Å². The lowest BCUT2D eigenvalue weighted by molar-refractivity contribution is -0.242. The number of fused-ring (bicyclic) bond motifs is 1. The summed E-state index contributed by atoms with van der Waals surface area (Å²) < 4.78 is 82.2. The molecule has 240 valence electrons. The van der Waals surface area contributed by atoms with Gasteiger partial charge in [-0.15, -0.1) is 0 Å². The normalized spacial score (nSPS) is 25.7. The van der Waals surface area contributed by atoms with E-state index in [1.54, 1.807) is 50.2 Å². The summed E-state index contributed by atoms with van der Waals surface area (Å²) in [5.41, 5.74) is -3.87. The highest BCUT2D eigenvalue weighted by Gasteiger charge is 2.74. The fourth-order valence-electron chi connectivity index (χ4n) is 4.48. The van der Waals surface area contributed by atoms with Gasteiger partial charge in [-0.25, -0.2) is 13.9 Å². The van der Waals surface area contributed by atoms with E-state index in [1.165, 1.54) is 13.0 Å². The number of esters is 1. The van der Waals surface area contributed by atoms with Crippen LogP contribution in [0.3, 0.4) is 0 Å². The maximum absolute atomic E-state index is 15.6. The van der Waals surface area contributed by atoms with Crippen molar-refractivity contribution >= 4 is 58.5 Å². The lowest BCUT2D eigenvalue weighted by Gasteiger charge is -2.35. The van der Waals surface area contributed by atoms with Crippen molar-refractivity contribution in [2.24, 2.45) is 0 Å². The van der Waals surface area contributed by atoms with Crippen LogP contribution in [-0.2, 0) is 40.2 Å². The molecule has 2 heterocycles. The zero-order chi connectivity index (χ0) is 32.6. The Bertz CT molecular complexity index is 1530. The molecule has 4 rings (SSSR count). The number of aliphatic hydroxyl groups is 1. The topological polar surface area (TPSA) is 124 Å². The minimum atomic E-state index is -4.74. The van der Waals surface area contributed by atoms with Crippen molar-refractivity contribution in [1.82, 2.24) is 9.99 Å². The number of hydrogen-bond donors (Lipinski definition) is 2. The van der Waals surface area contributed by atoms with Gasteiger partial charge in [-0.1, -0.05) is 48.0 Å². The van der Waals surface area contributed by atoms with E-state index in [1.807, 2.05) is 0 Å². The number of nitrogens with one attached hydrogen (secondary N) is 1. The van der Waals surface area contributed by atoms with Gasteiger partial charge in [0, 0.05) is 11.6 Å². The maximum Gasteiger partial charge on any atom is 0.323 e. The van der Waals surface area contributed by atoms with Crippen LogP contribution >= 0.6 is 18.2 Å². The summed E-state index contributed by atoms with van der Waals surface area (Å²) >= 11 is 11.3. The van der Waals surface area contributed by atoms with Gasteiger partial charge in [-0.05, 0) is 44.0 Å². The first kappa shape index (κ1) is 34.2. The molecule has 0 radical (unpaired) electrons. The Morgan fingerprint density at radius 2 is 1.86 bits per heavy atom. The van der Waals surface area contributed by atoms with Crippen LogP contribution < -0.4 is 9.61 Å². The van der Waals surface area contributed by atoms with E-state index in [2.05, 4.69) is 5.09 Å². The summed E-state index contributed by atoms with van der Waals surface area (Å²) in [4.78, 5) is 37.1. The van der Waals surface area contributed by atoms with Gasteiger partial charge in [0.2, 0.25) is 11.5 Å². The van der Waals surface area contributed by atoms with Crippen molar-refractivity contribution < 1.29 is 55.6 Å². The number of aliphatic hydroxyl groups excluding tert-OH is 1. The first-order valence-electron chi connectivity index (χ1n) is 13.1. The third-order valence-electron chi connectivity index (χ3n) is 6.76. The summed E-state index contributed by atoms with van der Waals surface area (Å²) in [6, 6.07) is 10.4. The van der Waals surface area contributed by atoms with Gasteiger partial charge in [0.25, 0.3) is 6.43 Å². The number of nitrogens with zero attached hydrogens (tertiary/aromatic N) is 1. The third kappa shape index (κ3) is 6.64. The van der Waals surface area contributed by atoms with Crippen molar-refractivity contribution in [1.29, 1.82) is 0 Å². The van der Waals surface area contributed by atoms with Crippen LogP contribution in [0, 0.1) is 0 Å². The average molecular weight is 683 g/mol. The van der Waals surface area contributed by atoms with Crippen molar-refractivity contribution in [2.75, 3.05) is 6.61 Å². The highest BCUT2D eigenvalue weighted by atomic mass is 35.5. The number of alkyl halides is 4. The monoisotopic (exact) mass is 682 g/mol. The minimum absolute atomic E-state index is 0.0924. The van der Waals surface area contributed by atoms with E-state index in [4.69, 9.17) is 41.9 Å². The summed E-state index contributed by atoms with van der Waals surface area (Å²) in [6.07, 6.45) is -10.2. The molecule has 5 atom stereocenters. The number of carbonyl (C=O) groups excluding carboxylic acids is 3. The van der Waals surface area contributed by atoms with Gasteiger partial charge < -0.3 is 23.6 Å². The number of carbonyl (C=O) groups is 3. The number of allylic oxidation sites excluding steroid dienone is 1. The lowest BCUT2D eigenvalue weighted by atomic mass is 9.95. The zero-order valence-electron chi connectivity index (χ0n) is 23.4. The minimum Gasteiger partial charge on any atom is -0.462 e. The summed E-state index contributed by atoms with van der Waals surface area (Å²) in [6.45, 7) is -1.36. The fourth-order valence-corrected chi connectivity index (χ4v) is 7.07. The molecule has 1 fully saturated rings. The van der Waals surface area contributed by atoms with Crippen LogP contribution in [0.2, 0.25) is 0 Å². The van der Waals surface area contributed by atoms with Crippen molar-refractivity contribution in [3.63, 3.8) is 0 Å². The van der Waals surface area contributed by atoms with Gasteiger partial charge >= 0.3 is 18.5 Å². The first-order valence-corrected chi connectivity index (χ1v) is 16.2. The van der Waals surface area contributed by atoms with E-state index in [-0.39, 0.29) is 5.75 Å². The van der Waals surface area contributed by atoms with E-state index in [9.17, 15) is 28.3 Å². The Kier molecular flexibility index (Phi) is 10.1. The standard InChI is InChI=1S/C27H28ClF4N2O8PS/c1-14(2)40-24(38)15(3)33-43(44,42-20-10-6-8-16-7-4-5-9-17(16)20)39-13-26(25(29)30)27(31,32)22(37)23(41-26)34-12-18(28)19(35)11-21(34)36/h4-10,12,14-15,22-23,25,37H,11,13H2,1-3H3,(H,33,44)/t15-,22-,23+,26-,43?/m0/s1. The lowest BCUT2D eigenvalue weighted by Crippen LogP contribution is -2.57. The molecule has 0 saturated carbocycles. The molecule has 0 aliphatic carbocycles. The van der Waals surface area contributed by atoms with Crippen LogP contribution in [0.25, 0.3) is 10.8 Å². The number of rotatable bonds is 11. The molecule has 1 saturated heterocycles. The fraction of sp³-hybridized carbons (Fsp3) is 0.444. The second-order valence-electron chi connectivity index (χ2n) is 10.3. The molecule has 2 aliphatic rings. The highest BCUT2D eigenvalue weighted by molar-refractivity contribution is 8.09. The van der Waals surface area contributed by atoms with Crippen molar-refractivity contribution in [3.05, 3.63) is 53.7 Å². The number of amides is 1. The molecule has 10 nitrogen and oxygen atoms in total. The quantitative estimate of drug-likeness (QED) is 0.150. The number of benzene rings is 2. The van der Waals surface area contributed by atoms with Gasteiger partial charge in [-0.2, -0.15) is 8.78 Å². The molecule has 2 aliphatic heterocycles. The van der Waals surface area contributed by atoms with E-state index in [0.717, 1.165) is 0 Å². The van der Waals surface area contributed by atoms with Crippen molar-refractivity contribution in [3.8, 4) is 5.75 Å². The zero-order valence-corrected chi connectivity index (χ0v) is 25.9. The summed E-state index contributed by atoms with van der Waals surface area (Å²) in [5.74, 6) is -7.42. The van der Waals surface area contributed by atoms with E-state index in [0.29, 0.717) is 21.9 Å². The number of hydrogen-bond acceptors (Lipinski definition) is 9. The highest BCUT2D eigenvalue weighted by Crippen LogP contribution is 2.54. The summed E-state index contributed by atoms with van der Waals surface area (Å²) in [5, 5.41) is 13.7. The largest absolute Gasteiger partial charge is 0.462 e. The molecule has 2 aromatic rings. The van der Waals surface area contributed by atoms with Crippen molar-refractivity contribution in [2.45, 2.75) is 69.6 Å².